The van der Waals surface area contributed by atoms with Gasteiger partial charge in [0.25, 0.3) is 0 Å². The third kappa shape index (κ3) is 2.84. The summed E-state index contributed by atoms with van der Waals surface area (Å²) in [5, 5.41) is 2.01. The number of oxazole rings is 1. The third-order valence-corrected chi connectivity index (χ3v) is 2.86. The number of nitrogens with one attached hydrogen (secondary N) is 1. The fourth-order valence-corrected chi connectivity index (χ4v) is 1.65. The number of hydrogen-bond acceptors (Lipinski definition) is 5. The number of halogens is 2. The number of aromatic amines is 1. The van der Waals surface area contributed by atoms with Gasteiger partial charge < -0.3 is 4.42 Å². The fourth-order valence-electron chi connectivity index (χ4n) is 1.36. The van der Waals surface area contributed by atoms with Crippen LogP contribution in [0.3, 0.4) is 0 Å². The summed E-state index contributed by atoms with van der Waals surface area (Å²) in [6.07, 6.45) is 2.83. The van der Waals surface area contributed by atoms with Gasteiger partial charge in [-0.25, -0.2) is 14.8 Å². The zero-order valence-corrected chi connectivity index (χ0v) is 10.8. The standard InChI is InChI=1S/C10H9Cl2N3O3/c1-17-15(8-5-18-10(16)14-8)4-6-2-7(11)9(12)13-3-6/h2-3,5H,4H2,1H3,(H,14,16). The summed E-state index contributed by atoms with van der Waals surface area (Å²) in [7, 11) is 1.47. The number of hydrogen-bond donors (Lipinski definition) is 1. The molecule has 0 unspecified atom stereocenters. The number of hydroxylamine groups is 1. The molecule has 96 valence electrons. The minimum Gasteiger partial charge on any atom is -0.414 e. The second kappa shape index (κ2) is 5.43. The fraction of sp³-hybridized carbons (Fsp3) is 0.200. The molecular weight excluding hydrogens is 281 g/mol. The van der Waals surface area contributed by atoms with Gasteiger partial charge in [-0.15, -0.1) is 0 Å². The number of H-pyrrole nitrogens is 1. The summed E-state index contributed by atoms with van der Waals surface area (Å²) < 4.78 is 4.63. The van der Waals surface area contributed by atoms with E-state index in [1.165, 1.54) is 18.4 Å². The number of anilines is 1. The molecule has 0 atom stereocenters. The predicted octanol–water partition coefficient (Wildman–Crippen LogP) is 2.24. The van der Waals surface area contributed by atoms with Crippen LogP contribution < -0.4 is 10.8 Å². The van der Waals surface area contributed by atoms with Crippen molar-refractivity contribution in [1.82, 2.24) is 9.97 Å². The average molecular weight is 290 g/mol. The minimum absolute atomic E-state index is 0.237. The molecule has 0 aliphatic heterocycles. The molecule has 2 heterocycles. The van der Waals surface area contributed by atoms with E-state index in [0.29, 0.717) is 17.4 Å². The lowest BCUT2D eigenvalue weighted by Gasteiger charge is -2.18. The summed E-state index contributed by atoms with van der Waals surface area (Å²) in [5.74, 6) is -0.159. The van der Waals surface area contributed by atoms with Gasteiger partial charge in [0.2, 0.25) is 0 Å². The molecule has 0 amide bonds. The predicted molar refractivity (Wildman–Crippen MR) is 66.8 cm³/mol. The van der Waals surface area contributed by atoms with Gasteiger partial charge in [-0.05, 0) is 11.6 Å². The van der Waals surface area contributed by atoms with Gasteiger partial charge in [-0.3, -0.25) is 9.82 Å². The normalized spacial score (nSPS) is 10.6. The second-order valence-electron chi connectivity index (χ2n) is 3.37. The molecule has 18 heavy (non-hydrogen) atoms. The maximum Gasteiger partial charge on any atom is 0.417 e. The molecule has 0 spiro atoms. The number of rotatable bonds is 4. The SMILES string of the molecule is CON(Cc1cnc(Cl)c(Cl)c1)c1coc(=O)[nH]1. The molecule has 0 saturated heterocycles. The van der Waals surface area contributed by atoms with Crippen molar-refractivity contribution < 1.29 is 9.25 Å². The molecule has 0 saturated carbocycles. The van der Waals surface area contributed by atoms with Crippen LogP contribution in [0.4, 0.5) is 5.82 Å². The monoisotopic (exact) mass is 289 g/mol. The highest BCUT2D eigenvalue weighted by Gasteiger charge is 2.11. The van der Waals surface area contributed by atoms with E-state index < -0.39 is 5.76 Å². The molecule has 0 aliphatic rings. The maximum absolute atomic E-state index is 10.9. The lowest BCUT2D eigenvalue weighted by Crippen LogP contribution is -2.22. The Balaban J connectivity index is 2.20. The summed E-state index contributed by atoms with van der Waals surface area (Å²) >= 11 is 11.6. The van der Waals surface area contributed by atoms with E-state index in [9.17, 15) is 4.79 Å². The Morgan fingerprint density at radius 3 is 2.89 bits per heavy atom. The first-order valence-electron chi connectivity index (χ1n) is 4.89. The van der Waals surface area contributed by atoms with Gasteiger partial charge in [0.1, 0.15) is 11.4 Å². The zero-order valence-electron chi connectivity index (χ0n) is 9.31. The Bertz CT molecular complexity index is 596. The van der Waals surface area contributed by atoms with E-state index in [-0.39, 0.29) is 5.15 Å². The maximum atomic E-state index is 10.9. The Kier molecular flexibility index (Phi) is 3.90. The average Bonchev–Trinajstić information content (AvgIpc) is 2.77. The molecular formula is C10H9Cl2N3O3. The van der Waals surface area contributed by atoms with Gasteiger partial charge >= 0.3 is 5.76 Å². The van der Waals surface area contributed by atoms with Gasteiger partial charge in [-0.1, -0.05) is 23.2 Å². The van der Waals surface area contributed by atoms with Crippen molar-refractivity contribution >= 4 is 29.0 Å². The van der Waals surface area contributed by atoms with Gasteiger partial charge in [0.05, 0.1) is 18.7 Å². The molecule has 2 aromatic heterocycles. The van der Waals surface area contributed by atoms with Gasteiger partial charge in [-0.2, -0.15) is 0 Å². The van der Waals surface area contributed by atoms with Crippen molar-refractivity contribution in [3.8, 4) is 0 Å². The number of pyridine rings is 1. The number of aromatic nitrogens is 2. The highest BCUT2D eigenvalue weighted by Crippen LogP contribution is 2.21. The van der Waals surface area contributed by atoms with E-state index in [2.05, 4.69) is 14.4 Å². The first kappa shape index (κ1) is 12.9. The van der Waals surface area contributed by atoms with Crippen molar-refractivity contribution in [2.45, 2.75) is 6.54 Å². The van der Waals surface area contributed by atoms with Crippen LogP contribution in [-0.2, 0) is 11.4 Å². The lowest BCUT2D eigenvalue weighted by molar-refractivity contribution is 0.160. The van der Waals surface area contributed by atoms with Crippen molar-refractivity contribution in [3.05, 3.63) is 44.8 Å². The van der Waals surface area contributed by atoms with Crippen LogP contribution in [0.1, 0.15) is 5.56 Å². The van der Waals surface area contributed by atoms with Crippen LogP contribution in [0.25, 0.3) is 0 Å². The molecule has 0 radical (unpaired) electrons. The molecule has 6 nitrogen and oxygen atoms in total. The van der Waals surface area contributed by atoms with Crippen LogP contribution in [0.2, 0.25) is 10.2 Å². The Morgan fingerprint density at radius 2 is 2.33 bits per heavy atom. The van der Waals surface area contributed by atoms with E-state index in [1.807, 2.05) is 0 Å². The van der Waals surface area contributed by atoms with Crippen molar-refractivity contribution in [1.29, 1.82) is 0 Å². The second-order valence-corrected chi connectivity index (χ2v) is 4.13. The van der Waals surface area contributed by atoms with E-state index in [4.69, 9.17) is 28.0 Å². The van der Waals surface area contributed by atoms with Gasteiger partial charge in [0.15, 0.2) is 5.82 Å². The first-order chi connectivity index (χ1) is 8.60. The Morgan fingerprint density at radius 1 is 1.56 bits per heavy atom. The van der Waals surface area contributed by atoms with Crippen molar-refractivity contribution in [2.75, 3.05) is 12.2 Å². The smallest absolute Gasteiger partial charge is 0.414 e. The Hall–Kier alpha value is -1.50. The lowest BCUT2D eigenvalue weighted by atomic mass is 10.3. The van der Waals surface area contributed by atoms with Crippen molar-refractivity contribution in [3.63, 3.8) is 0 Å². The Labute approximate surface area is 112 Å². The quantitative estimate of drug-likeness (QED) is 0.690. The van der Waals surface area contributed by atoms with E-state index in [1.54, 1.807) is 12.3 Å². The van der Waals surface area contributed by atoms with Crippen LogP contribution in [0.5, 0.6) is 0 Å². The number of nitrogens with zero attached hydrogens (tertiary/aromatic N) is 2. The van der Waals surface area contributed by atoms with E-state index in [0.717, 1.165) is 5.56 Å². The van der Waals surface area contributed by atoms with Crippen LogP contribution >= 0.6 is 23.2 Å². The van der Waals surface area contributed by atoms with Crippen molar-refractivity contribution in [2.24, 2.45) is 0 Å². The molecule has 0 fully saturated rings. The molecule has 0 aliphatic carbocycles. The van der Waals surface area contributed by atoms with E-state index >= 15 is 0 Å². The van der Waals surface area contributed by atoms with Crippen LogP contribution in [0.15, 0.2) is 27.7 Å². The molecule has 0 bridgehead atoms. The highest BCUT2D eigenvalue weighted by atomic mass is 35.5. The largest absolute Gasteiger partial charge is 0.417 e. The highest BCUT2D eigenvalue weighted by molar-refractivity contribution is 6.41. The topological polar surface area (TPSA) is 71.4 Å². The zero-order chi connectivity index (χ0) is 13.1. The summed E-state index contributed by atoms with van der Waals surface area (Å²) in [5.41, 5.74) is 0.772. The minimum atomic E-state index is -0.556. The molecule has 0 aromatic carbocycles. The summed E-state index contributed by atoms with van der Waals surface area (Å²) in [6, 6.07) is 1.67. The third-order valence-electron chi connectivity index (χ3n) is 2.18. The molecule has 8 heteroatoms. The first-order valence-corrected chi connectivity index (χ1v) is 5.65. The summed E-state index contributed by atoms with van der Waals surface area (Å²) in [4.78, 5) is 22.4. The van der Waals surface area contributed by atoms with Crippen LogP contribution in [0, 0.1) is 0 Å². The molecule has 1 N–H and O–H groups in total. The summed E-state index contributed by atoms with van der Waals surface area (Å²) in [6.45, 7) is 0.329. The van der Waals surface area contributed by atoms with Gasteiger partial charge in [0, 0.05) is 6.20 Å². The molecule has 2 rings (SSSR count). The molecule has 2 aromatic rings. The van der Waals surface area contributed by atoms with Crippen LogP contribution in [-0.4, -0.2) is 17.1 Å².